The predicted molar refractivity (Wildman–Crippen MR) is 125 cm³/mol. The zero-order valence-electron chi connectivity index (χ0n) is 19.0. The van der Waals surface area contributed by atoms with Crippen LogP contribution in [0.2, 0.25) is 0 Å². The summed E-state index contributed by atoms with van der Waals surface area (Å²) < 4.78 is 11.4. The van der Waals surface area contributed by atoms with Crippen LogP contribution in [0.25, 0.3) is 0 Å². The lowest BCUT2D eigenvalue weighted by atomic mass is 10.2. The molecular weight excluding hydrogens is 392 g/mol. The van der Waals surface area contributed by atoms with E-state index in [1.165, 1.54) is 0 Å². The van der Waals surface area contributed by atoms with E-state index in [4.69, 9.17) is 9.47 Å². The monoisotopic (exact) mass is 426 g/mol. The van der Waals surface area contributed by atoms with E-state index in [-0.39, 0.29) is 6.10 Å². The molecule has 168 valence electrons. The largest absolute Gasteiger partial charge is 0.493 e. The van der Waals surface area contributed by atoms with Crippen molar-refractivity contribution in [1.29, 1.82) is 0 Å². The van der Waals surface area contributed by atoms with Gasteiger partial charge in [-0.25, -0.2) is 4.98 Å². The molecule has 2 N–H and O–H groups in total. The van der Waals surface area contributed by atoms with Crippen LogP contribution in [0.4, 0.5) is 5.82 Å². The van der Waals surface area contributed by atoms with E-state index in [0.29, 0.717) is 13.1 Å². The lowest BCUT2D eigenvalue weighted by Crippen LogP contribution is -2.45. The number of nitrogens with zero attached hydrogens (tertiary/aromatic N) is 4. The summed E-state index contributed by atoms with van der Waals surface area (Å²) in [5.74, 6) is 3.23. The number of hydrogen-bond acceptors (Lipinski definition) is 6. The normalized spacial score (nSPS) is 16.0. The molecule has 2 heterocycles. The highest BCUT2D eigenvalue weighted by atomic mass is 16.5. The molecule has 2 aromatic rings. The number of para-hydroxylation sites is 2. The number of aliphatic imine (C=N–C) groups is 1. The number of methoxy groups -OCH3 is 1. The number of anilines is 1. The quantitative estimate of drug-likeness (QED) is 0.494. The lowest BCUT2D eigenvalue weighted by Gasteiger charge is -2.34. The van der Waals surface area contributed by atoms with Crippen LogP contribution < -0.4 is 25.0 Å². The number of likely N-dealkylation sites (N-methyl/N-ethyl adjacent to an activating group) is 1. The maximum atomic E-state index is 6.01. The van der Waals surface area contributed by atoms with Gasteiger partial charge in [0.15, 0.2) is 17.5 Å². The molecule has 1 aliphatic heterocycles. The Kier molecular flexibility index (Phi) is 8.35. The van der Waals surface area contributed by atoms with Crippen molar-refractivity contribution in [3.05, 3.63) is 48.2 Å². The summed E-state index contributed by atoms with van der Waals surface area (Å²) in [6.07, 6.45) is 1.80. The summed E-state index contributed by atoms with van der Waals surface area (Å²) >= 11 is 0. The standard InChI is InChI=1S/C23H34N6O2/c1-18(31-21-10-6-5-9-20(21)30-4)16-26-23(24-2)27-17-19-8-7-11-25-22(19)29-14-12-28(3)13-15-29/h5-11,18H,12-17H2,1-4H3,(H2,24,26,27). The maximum Gasteiger partial charge on any atom is 0.191 e. The first-order valence-corrected chi connectivity index (χ1v) is 10.7. The molecule has 1 unspecified atom stereocenters. The summed E-state index contributed by atoms with van der Waals surface area (Å²) in [6.45, 7) is 7.36. The highest BCUT2D eigenvalue weighted by molar-refractivity contribution is 5.79. The Morgan fingerprint density at radius 2 is 1.84 bits per heavy atom. The fourth-order valence-corrected chi connectivity index (χ4v) is 3.49. The summed E-state index contributed by atoms with van der Waals surface area (Å²) in [6, 6.07) is 11.8. The average molecular weight is 427 g/mol. The van der Waals surface area contributed by atoms with Gasteiger partial charge in [-0.1, -0.05) is 18.2 Å². The minimum absolute atomic E-state index is 0.0610. The fraction of sp³-hybridized carbons (Fsp3) is 0.478. The minimum Gasteiger partial charge on any atom is -0.493 e. The van der Waals surface area contributed by atoms with Gasteiger partial charge in [0.2, 0.25) is 0 Å². The van der Waals surface area contributed by atoms with Gasteiger partial charge in [-0.15, -0.1) is 0 Å². The molecular formula is C23H34N6O2. The van der Waals surface area contributed by atoms with Crippen LogP contribution in [0.1, 0.15) is 12.5 Å². The Bertz CT molecular complexity index is 851. The first-order chi connectivity index (χ1) is 15.1. The maximum absolute atomic E-state index is 6.01. The van der Waals surface area contributed by atoms with Gasteiger partial charge < -0.3 is 29.9 Å². The summed E-state index contributed by atoms with van der Waals surface area (Å²) in [4.78, 5) is 13.7. The minimum atomic E-state index is -0.0610. The third-order valence-electron chi connectivity index (χ3n) is 5.29. The number of pyridine rings is 1. The number of aromatic nitrogens is 1. The lowest BCUT2D eigenvalue weighted by molar-refractivity contribution is 0.213. The number of ether oxygens (including phenoxy) is 2. The fourth-order valence-electron chi connectivity index (χ4n) is 3.49. The molecule has 1 saturated heterocycles. The van der Waals surface area contributed by atoms with E-state index >= 15 is 0 Å². The van der Waals surface area contributed by atoms with Crippen molar-refractivity contribution in [3.63, 3.8) is 0 Å². The third kappa shape index (κ3) is 6.49. The highest BCUT2D eigenvalue weighted by Crippen LogP contribution is 2.26. The molecule has 0 bridgehead atoms. The number of piperazine rings is 1. The molecule has 1 fully saturated rings. The molecule has 31 heavy (non-hydrogen) atoms. The van der Waals surface area contributed by atoms with Crippen LogP contribution in [0.5, 0.6) is 11.5 Å². The predicted octanol–water partition coefficient (Wildman–Crippen LogP) is 1.97. The molecule has 0 spiro atoms. The van der Waals surface area contributed by atoms with Crippen molar-refractivity contribution < 1.29 is 9.47 Å². The van der Waals surface area contributed by atoms with E-state index in [0.717, 1.165) is 55.0 Å². The first-order valence-electron chi connectivity index (χ1n) is 10.7. The van der Waals surface area contributed by atoms with E-state index in [9.17, 15) is 0 Å². The van der Waals surface area contributed by atoms with Gasteiger partial charge in [0.05, 0.1) is 13.7 Å². The number of rotatable bonds is 8. The molecule has 1 aromatic carbocycles. The van der Waals surface area contributed by atoms with E-state index < -0.39 is 0 Å². The summed E-state index contributed by atoms with van der Waals surface area (Å²) in [7, 11) is 5.57. The third-order valence-corrected chi connectivity index (χ3v) is 5.29. The Labute approximate surface area is 185 Å². The van der Waals surface area contributed by atoms with Crippen molar-refractivity contribution >= 4 is 11.8 Å². The average Bonchev–Trinajstić information content (AvgIpc) is 2.80. The van der Waals surface area contributed by atoms with Crippen molar-refractivity contribution in [3.8, 4) is 11.5 Å². The van der Waals surface area contributed by atoms with Gasteiger partial charge in [0.1, 0.15) is 11.9 Å². The van der Waals surface area contributed by atoms with Gasteiger partial charge in [0, 0.05) is 51.5 Å². The molecule has 0 aliphatic carbocycles. The van der Waals surface area contributed by atoms with Crippen molar-refractivity contribution in [2.75, 3.05) is 58.8 Å². The second-order valence-corrected chi connectivity index (χ2v) is 7.66. The van der Waals surface area contributed by atoms with Crippen LogP contribution >= 0.6 is 0 Å². The SMILES string of the molecule is CN=C(NCc1cccnc1N1CCN(C)CC1)NCC(C)Oc1ccccc1OC. The van der Waals surface area contributed by atoms with Crippen LogP contribution in [-0.4, -0.2) is 75.9 Å². The van der Waals surface area contributed by atoms with Crippen LogP contribution in [-0.2, 0) is 6.54 Å². The number of hydrogen-bond donors (Lipinski definition) is 2. The van der Waals surface area contributed by atoms with Crippen LogP contribution in [0.15, 0.2) is 47.6 Å². The smallest absolute Gasteiger partial charge is 0.191 e. The van der Waals surface area contributed by atoms with E-state index in [1.807, 2.05) is 43.5 Å². The van der Waals surface area contributed by atoms with E-state index in [1.54, 1.807) is 14.2 Å². The van der Waals surface area contributed by atoms with Gasteiger partial charge >= 0.3 is 0 Å². The molecule has 0 amide bonds. The van der Waals surface area contributed by atoms with Gasteiger partial charge in [0.25, 0.3) is 0 Å². The number of guanidine groups is 1. The van der Waals surface area contributed by atoms with Crippen molar-refractivity contribution in [2.45, 2.75) is 19.6 Å². The van der Waals surface area contributed by atoms with Crippen molar-refractivity contribution in [2.24, 2.45) is 4.99 Å². The second-order valence-electron chi connectivity index (χ2n) is 7.66. The second kappa shape index (κ2) is 11.4. The Morgan fingerprint density at radius 3 is 2.55 bits per heavy atom. The van der Waals surface area contributed by atoms with Gasteiger partial charge in [-0.3, -0.25) is 4.99 Å². The number of benzene rings is 1. The van der Waals surface area contributed by atoms with Crippen LogP contribution in [0, 0.1) is 0 Å². The number of nitrogens with one attached hydrogen (secondary N) is 2. The Hall–Kier alpha value is -3.00. The zero-order valence-corrected chi connectivity index (χ0v) is 19.0. The molecule has 8 nitrogen and oxygen atoms in total. The molecule has 1 aliphatic rings. The zero-order chi connectivity index (χ0) is 22.1. The first kappa shape index (κ1) is 22.7. The van der Waals surface area contributed by atoms with Gasteiger partial charge in [-0.2, -0.15) is 0 Å². The topological polar surface area (TPSA) is 74.3 Å². The molecule has 3 rings (SSSR count). The molecule has 1 atom stereocenters. The molecule has 0 saturated carbocycles. The Balaban J connectivity index is 1.52. The molecule has 0 radical (unpaired) electrons. The Morgan fingerprint density at radius 1 is 1.10 bits per heavy atom. The highest BCUT2D eigenvalue weighted by Gasteiger charge is 2.18. The van der Waals surface area contributed by atoms with Crippen LogP contribution in [0.3, 0.4) is 0 Å². The molecule has 1 aromatic heterocycles. The summed E-state index contributed by atoms with van der Waals surface area (Å²) in [5.41, 5.74) is 1.16. The van der Waals surface area contributed by atoms with Crippen molar-refractivity contribution in [1.82, 2.24) is 20.5 Å². The van der Waals surface area contributed by atoms with Gasteiger partial charge in [-0.05, 0) is 32.2 Å². The van der Waals surface area contributed by atoms with E-state index in [2.05, 4.69) is 43.5 Å². The summed E-state index contributed by atoms with van der Waals surface area (Å²) in [5, 5.41) is 6.73. The molecule has 8 heteroatoms.